The molecule has 4 aromatic rings. The Hall–Kier alpha value is -3.95. The van der Waals surface area contributed by atoms with Gasteiger partial charge in [-0.05, 0) is 58.6 Å². The summed E-state index contributed by atoms with van der Waals surface area (Å²) in [5.74, 6) is 0.623. The number of phenolic OH excluding ortho intramolecular Hbond substituents is 1. The highest BCUT2D eigenvalue weighted by atomic mass is 16.6. The van der Waals surface area contributed by atoms with E-state index in [2.05, 4.69) is 15.1 Å². The quantitative estimate of drug-likeness (QED) is 0.442. The van der Waals surface area contributed by atoms with Crippen molar-refractivity contribution in [2.75, 3.05) is 6.54 Å². The van der Waals surface area contributed by atoms with Gasteiger partial charge in [-0.2, -0.15) is 5.10 Å². The van der Waals surface area contributed by atoms with E-state index in [9.17, 15) is 14.7 Å². The molecule has 3 aromatic heterocycles. The van der Waals surface area contributed by atoms with Crippen LogP contribution in [0.15, 0.2) is 35.5 Å². The third-order valence-electron chi connectivity index (χ3n) is 7.53. The topological polar surface area (TPSA) is 115 Å². The van der Waals surface area contributed by atoms with Gasteiger partial charge in [-0.25, -0.2) is 14.8 Å². The van der Waals surface area contributed by atoms with Gasteiger partial charge >= 0.3 is 6.09 Å². The summed E-state index contributed by atoms with van der Waals surface area (Å²) in [7, 11) is 1.83. The first-order valence-corrected chi connectivity index (χ1v) is 12.5. The van der Waals surface area contributed by atoms with Crippen LogP contribution >= 0.6 is 0 Å². The molecule has 1 saturated heterocycles. The molecule has 6 rings (SSSR count). The molecule has 3 atom stereocenters. The molecule has 2 fully saturated rings. The van der Waals surface area contributed by atoms with Gasteiger partial charge in [0.25, 0.3) is 5.56 Å². The van der Waals surface area contributed by atoms with Crippen molar-refractivity contribution in [1.82, 2.24) is 29.2 Å². The maximum absolute atomic E-state index is 13.5. The monoisotopic (exact) mass is 502 g/mol. The molecule has 192 valence electrons. The van der Waals surface area contributed by atoms with E-state index in [4.69, 9.17) is 4.74 Å². The number of aryl methyl sites for hydroxylation is 2. The number of piperidine rings is 1. The van der Waals surface area contributed by atoms with Crippen molar-refractivity contribution >= 4 is 27.9 Å². The van der Waals surface area contributed by atoms with E-state index in [0.717, 1.165) is 17.3 Å². The molecule has 1 aliphatic heterocycles. The van der Waals surface area contributed by atoms with E-state index in [-0.39, 0.29) is 35.4 Å². The summed E-state index contributed by atoms with van der Waals surface area (Å²) in [6.45, 7) is 7.99. The van der Waals surface area contributed by atoms with Gasteiger partial charge in [0.05, 0.1) is 22.0 Å². The van der Waals surface area contributed by atoms with Gasteiger partial charge in [0.15, 0.2) is 5.82 Å². The first-order chi connectivity index (χ1) is 17.5. The molecule has 0 radical (unpaired) electrons. The third kappa shape index (κ3) is 3.82. The SMILES string of the molecule is Cc1c(O)c(-c2ncc3c(=O)n(C4C[C@@H]5C[C@H]4CN5C(=O)OC(C)(C)C)ccc3n2)cc2cn(C)nc12. The molecule has 4 heterocycles. The van der Waals surface area contributed by atoms with Gasteiger partial charge in [0.1, 0.15) is 11.4 Å². The first kappa shape index (κ1) is 23.4. The number of hydrogen-bond donors (Lipinski definition) is 1. The second kappa shape index (κ2) is 8.03. The maximum Gasteiger partial charge on any atom is 0.410 e. The molecular formula is C27H30N6O4. The number of carbonyl (C=O) groups is 1. The van der Waals surface area contributed by atoms with Crippen LogP contribution < -0.4 is 5.56 Å². The number of aromatic hydroxyl groups is 1. The lowest BCUT2D eigenvalue weighted by Gasteiger charge is -2.33. The van der Waals surface area contributed by atoms with E-state index in [0.29, 0.717) is 40.8 Å². The second-order valence-corrected chi connectivity index (χ2v) is 11.2. The van der Waals surface area contributed by atoms with Crippen LogP contribution in [0.25, 0.3) is 33.2 Å². The molecule has 2 bridgehead atoms. The minimum Gasteiger partial charge on any atom is -0.507 e. The molecule has 1 aromatic carbocycles. The molecular weight excluding hydrogens is 472 g/mol. The zero-order valence-corrected chi connectivity index (χ0v) is 21.6. The number of carbonyl (C=O) groups excluding carboxylic acids is 1. The summed E-state index contributed by atoms with van der Waals surface area (Å²) < 4.78 is 9.04. The van der Waals surface area contributed by atoms with Crippen molar-refractivity contribution in [2.45, 2.75) is 58.2 Å². The number of benzene rings is 1. The van der Waals surface area contributed by atoms with Gasteiger partial charge in [-0.1, -0.05) is 0 Å². The molecule has 1 unspecified atom stereocenters. The summed E-state index contributed by atoms with van der Waals surface area (Å²) in [5.41, 5.74) is 1.72. The summed E-state index contributed by atoms with van der Waals surface area (Å²) in [5, 5.41) is 16.5. The molecule has 10 nitrogen and oxygen atoms in total. The zero-order valence-electron chi connectivity index (χ0n) is 21.6. The van der Waals surface area contributed by atoms with Crippen LogP contribution in [0, 0.1) is 12.8 Å². The van der Waals surface area contributed by atoms with Crippen molar-refractivity contribution in [2.24, 2.45) is 13.0 Å². The highest BCUT2D eigenvalue weighted by Crippen LogP contribution is 2.45. The largest absolute Gasteiger partial charge is 0.507 e. The maximum atomic E-state index is 13.5. The Morgan fingerprint density at radius 2 is 2.03 bits per heavy atom. The van der Waals surface area contributed by atoms with E-state index in [1.54, 1.807) is 26.5 Å². The molecule has 1 saturated carbocycles. The molecule has 0 spiro atoms. The summed E-state index contributed by atoms with van der Waals surface area (Å²) >= 11 is 0. The predicted octanol–water partition coefficient (Wildman–Crippen LogP) is 3.93. The van der Waals surface area contributed by atoms with Crippen molar-refractivity contribution in [1.29, 1.82) is 0 Å². The van der Waals surface area contributed by atoms with E-state index >= 15 is 0 Å². The number of nitrogens with zero attached hydrogens (tertiary/aromatic N) is 6. The second-order valence-electron chi connectivity index (χ2n) is 11.2. The number of rotatable bonds is 2. The Balaban J connectivity index is 1.30. The van der Waals surface area contributed by atoms with Crippen LogP contribution in [0.2, 0.25) is 0 Å². The summed E-state index contributed by atoms with van der Waals surface area (Å²) in [6, 6.07) is 3.73. The first-order valence-electron chi connectivity index (χ1n) is 12.5. The van der Waals surface area contributed by atoms with Gasteiger partial charge < -0.3 is 19.3 Å². The van der Waals surface area contributed by atoms with Crippen molar-refractivity contribution in [3.63, 3.8) is 0 Å². The van der Waals surface area contributed by atoms with Crippen LogP contribution in [0.4, 0.5) is 4.79 Å². The summed E-state index contributed by atoms with van der Waals surface area (Å²) in [4.78, 5) is 36.9. The average Bonchev–Trinajstić information content (AvgIpc) is 3.54. The van der Waals surface area contributed by atoms with E-state index in [1.165, 1.54) is 0 Å². The highest BCUT2D eigenvalue weighted by Gasteiger charge is 2.48. The number of hydrogen-bond acceptors (Lipinski definition) is 7. The lowest BCUT2D eigenvalue weighted by Crippen LogP contribution is -2.44. The van der Waals surface area contributed by atoms with Crippen LogP contribution in [-0.2, 0) is 11.8 Å². The molecule has 10 heteroatoms. The van der Waals surface area contributed by atoms with Gasteiger partial charge in [0.2, 0.25) is 0 Å². The minimum absolute atomic E-state index is 0.0138. The van der Waals surface area contributed by atoms with Crippen LogP contribution in [0.1, 0.15) is 45.2 Å². The van der Waals surface area contributed by atoms with Crippen molar-refractivity contribution in [3.05, 3.63) is 46.6 Å². The Morgan fingerprint density at radius 3 is 2.73 bits per heavy atom. The fourth-order valence-electron chi connectivity index (χ4n) is 5.86. The molecule has 1 N–H and O–H groups in total. The third-order valence-corrected chi connectivity index (χ3v) is 7.53. The zero-order chi connectivity index (χ0) is 26.2. The number of phenols is 1. The van der Waals surface area contributed by atoms with Crippen molar-refractivity contribution < 1.29 is 14.6 Å². The number of fused-ring (bicyclic) bond motifs is 4. The Kier molecular flexibility index (Phi) is 5.09. The molecule has 2 aliphatic rings. The molecule has 1 aliphatic carbocycles. The fourth-order valence-corrected chi connectivity index (χ4v) is 5.86. The normalized spacial score (nSPS) is 21.3. The van der Waals surface area contributed by atoms with Crippen LogP contribution in [-0.4, -0.2) is 58.6 Å². The summed E-state index contributed by atoms with van der Waals surface area (Å²) in [6.07, 6.45) is 6.50. The van der Waals surface area contributed by atoms with E-state index < -0.39 is 5.60 Å². The number of pyridine rings is 1. The standard InChI is InChI=1S/C27H30N6O4/c1-14-22-16(12-31(5)30-22)9-18(23(14)34)24-28-11-19-20(29-24)6-7-32(25(19)35)21-10-17-8-15(21)13-33(17)26(36)37-27(2,3)4/h6-7,9,11-12,15,17,21,34H,8,10,13H2,1-5H3/t15-,17-,21?/m0/s1. The van der Waals surface area contributed by atoms with Crippen molar-refractivity contribution in [3.8, 4) is 17.1 Å². The minimum atomic E-state index is -0.536. The van der Waals surface area contributed by atoms with Crippen LogP contribution in [0.5, 0.6) is 5.75 Å². The van der Waals surface area contributed by atoms with Crippen LogP contribution in [0.3, 0.4) is 0 Å². The Morgan fingerprint density at radius 1 is 1.24 bits per heavy atom. The number of aromatic nitrogens is 5. The molecule has 1 amide bonds. The number of ether oxygens (including phenoxy) is 1. The lowest BCUT2D eigenvalue weighted by molar-refractivity contribution is 0.0165. The Labute approximate surface area is 213 Å². The Bertz CT molecular complexity index is 1630. The van der Waals surface area contributed by atoms with E-state index in [1.807, 2.05) is 53.1 Å². The fraction of sp³-hybridized carbons (Fsp3) is 0.444. The average molecular weight is 503 g/mol. The number of likely N-dealkylation sites (tertiary alicyclic amines) is 1. The highest BCUT2D eigenvalue weighted by molar-refractivity contribution is 5.90. The van der Waals surface area contributed by atoms with Gasteiger partial charge in [-0.3, -0.25) is 9.48 Å². The number of amides is 1. The lowest BCUT2D eigenvalue weighted by atomic mass is 10.0. The molecule has 37 heavy (non-hydrogen) atoms. The van der Waals surface area contributed by atoms with Gasteiger partial charge in [0, 0.05) is 55.2 Å². The predicted molar refractivity (Wildman–Crippen MR) is 138 cm³/mol. The smallest absolute Gasteiger partial charge is 0.410 e. The van der Waals surface area contributed by atoms with Gasteiger partial charge in [-0.15, -0.1) is 0 Å².